The average molecular weight is 297 g/mol. The summed E-state index contributed by atoms with van der Waals surface area (Å²) in [6.45, 7) is 7.00. The van der Waals surface area contributed by atoms with Crippen LogP contribution < -0.4 is 10.1 Å². The van der Waals surface area contributed by atoms with Crippen LogP contribution in [-0.2, 0) is 6.54 Å². The summed E-state index contributed by atoms with van der Waals surface area (Å²) < 4.78 is 6.49. The van der Waals surface area contributed by atoms with Gasteiger partial charge in [0, 0.05) is 22.8 Å². The molecule has 1 aliphatic rings. The zero-order valence-electron chi connectivity index (χ0n) is 10.0. The van der Waals surface area contributed by atoms with Crippen LogP contribution in [0.3, 0.4) is 0 Å². The Morgan fingerprint density at radius 2 is 2.35 bits per heavy atom. The van der Waals surface area contributed by atoms with Crippen LogP contribution in [0.2, 0.25) is 0 Å². The molecule has 4 heteroatoms. The van der Waals surface area contributed by atoms with Gasteiger partial charge >= 0.3 is 0 Å². The van der Waals surface area contributed by atoms with E-state index in [1.165, 1.54) is 12.8 Å². The fourth-order valence-electron chi connectivity index (χ4n) is 1.54. The molecule has 0 bridgehead atoms. The van der Waals surface area contributed by atoms with E-state index in [9.17, 15) is 0 Å². The Kier molecular flexibility index (Phi) is 4.18. The molecule has 1 heterocycles. The first kappa shape index (κ1) is 12.6. The van der Waals surface area contributed by atoms with E-state index >= 15 is 0 Å². The van der Waals surface area contributed by atoms with Gasteiger partial charge in [0.1, 0.15) is 12.4 Å². The van der Waals surface area contributed by atoms with Crippen molar-refractivity contribution in [2.75, 3.05) is 6.61 Å². The maximum absolute atomic E-state index is 5.66. The van der Waals surface area contributed by atoms with E-state index in [-0.39, 0.29) is 0 Å². The number of ether oxygens (including phenoxy) is 1. The molecule has 1 fully saturated rings. The number of aryl methyl sites for hydroxylation is 1. The van der Waals surface area contributed by atoms with Crippen LogP contribution in [0, 0.1) is 6.92 Å². The summed E-state index contributed by atoms with van der Waals surface area (Å²) in [6, 6.07) is 4.62. The van der Waals surface area contributed by atoms with E-state index < -0.39 is 0 Å². The lowest BCUT2D eigenvalue weighted by Gasteiger charge is -2.11. The molecule has 1 N–H and O–H groups in total. The maximum atomic E-state index is 5.66. The molecular formula is C13H17BrN2O. The third-order valence-corrected chi connectivity index (χ3v) is 2.82. The van der Waals surface area contributed by atoms with Gasteiger partial charge in [0.15, 0.2) is 0 Å². The minimum atomic E-state index is 0.473. The number of halogens is 1. The molecule has 0 radical (unpaired) electrons. The molecule has 1 aliphatic carbocycles. The van der Waals surface area contributed by atoms with E-state index in [0.717, 1.165) is 28.2 Å². The van der Waals surface area contributed by atoms with Gasteiger partial charge in [-0.3, -0.25) is 4.98 Å². The fourth-order valence-corrected chi connectivity index (χ4v) is 1.65. The third-order valence-electron chi connectivity index (χ3n) is 2.59. The molecular weight excluding hydrogens is 280 g/mol. The Hall–Kier alpha value is -0.870. The van der Waals surface area contributed by atoms with Crippen LogP contribution in [0.25, 0.3) is 0 Å². The summed E-state index contributed by atoms with van der Waals surface area (Å²) >= 11 is 3.29. The third kappa shape index (κ3) is 4.13. The molecule has 0 saturated heterocycles. The van der Waals surface area contributed by atoms with Crippen molar-refractivity contribution in [2.24, 2.45) is 0 Å². The first-order chi connectivity index (χ1) is 8.15. The summed E-state index contributed by atoms with van der Waals surface area (Å²) in [5, 5.41) is 3.45. The van der Waals surface area contributed by atoms with Crippen molar-refractivity contribution in [3.05, 3.63) is 34.6 Å². The van der Waals surface area contributed by atoms with E-state index in [4.69, 9.17) is 4.74 Å². The highest BCUT2D eigenvalue weighted by Gasteiger charge is 2.21. The SMILES string of the molecule is C=C(Br)COc1ccc(C)nc1CNC1CC1. The van der Waals surface area contributed by atoms with E-state index in [0.29, 0.717) is 12.6 Å². The summed E-state index contributed by atoms with van der Waals surface area (Å²) in [5.41, 5.74) is 1.99. The predicted octanol–water partition coefficient (Wildman–Crippen LogP) is 2.93. The Balaban J connectivity index is 2.02. The zero-order valence-corrected chi connectivity index (χ0v) is 11.6. The largest absolute Gasteiger partial charge is 0.486 e. The van der Waals surface area contributed by atoms with Crippen molar-refractivity contribution < 1.29 is 4.74 Å². The number of pyridine rings is 1. The van der Waals surface area contributed by atoms with Crippen molar-refractivity contribution in [2.45, 2.75) is 32.4 Å². The van der Waals surface area contributed by atoms with Crippen LogP contribution in [0.15, 0.2) is 23.2 Å². The Morgan fingerprint density at radius 1 is 1.59 bits per heavy atom. The lowest BCUT2D eigenvalue weighted by molar-refractivity contribution is 0.353. The Bertz CT molecular complexity index is 416. The average Bonchev–Trinajstić information content (AvgIpc) is 3.08. The summed E-state index contributed by atoms with van der Waals surface area (Å²) in [6.07, 6.45) is 2.56. The van der Waals surface area contributed by atoms with Gasteiger partial charge in [0.25, 0.3) is 0 Å². The topological polar surface area (TPSA) is 34.1 Å². The zero-order chi connectivity index (χ0) is 12.3. The van der Waals surface area contributed by atoms with Gasteiger partial charge in [0.2, 0.25) is 0 Å². The second kappa shape index (κ2) is 5.65. The van der Waals surface area contributed by atoms with Crippen molar-refractivity contribution in [3.8, 4) is 5.75 Å². The monoisotopic (exact) mass is 296 g/mol. The number of aromatic nitrogens is 1. The lowest BCUT2D eigenvalue weighted by Crippen LogP contribution is -2.17. The van der Waals surface area contributed by atoms with Gasteiger partial charge in [-0.25, -0.2) is 0 Å². The highest BCUT2D eigenvalue weighted by Crippen LogP contribution is 2.22. The Morgan fingerprint density at radius 3 is 3.00 bits per heavy atom. The molecule has 17 heavy (non-hydrogen) atoms. The minimum Gasteiger partial charge on any atom is -0.486 e. The number of rotatable bonds is 6. The Labute approximate surface area is 110 Å². The first-order valence-electron chi connectivity index (χ1n) is 5.81. The van der Waals surface area contributed by atoms with Crippen LogP contribution in [-0.4, -0.2) is 17.6 Å². The van der Waals surface area contributed by atoms with Gasteiger partial charge in [-0.2, -0.15) is 0 Å². The summed E-state index contributed by atoms with van der Waals surface area (Å²) in [5.74, 6) is 0.837. The molecule has 0 aromatic carbocycles. The highest BCUT2D eigenvalue weighted by atomic mass is 79.9. The summed E-state index contributed by atoms with van der Waals surface area (Å²) in [4.78, 5) is 4.52. The molecule has 2 rings (SSSR count). The second-order valence-corrected chi connectivity index (χ2v) is 5.48. The molecule has 92 valence electrons. The van der Waals surface area contributed by atoms with Crippen molar-refractivity contribution >= 4 is 15.9 Å². The predicted molar refractivity (Wildman–Crippen MR) is 72.4 cm³/mol. The highest BCUT2D eigenvalue weighted by molar-refractivity contribution is 9.11. The van der Waals surface area contributed by atoms with E-state index in [2.05, 4.69) is 32.8 Å². The quantitative estimate of drug-likeness (QED) is 0.876. The number of hydrogen-bond acceptors (Lipinski definition) is 3. The van der Waals surface area contributed by atoms with Gasteiger partial charge in [-0.05, 0) is 31.9 Å². The van der Waals surface area contributed by atoms with Crippen molar-refractivity contribution in [1.82, 2.24) is 10.3 Å². The minimum absolute atomic E-state index is 0.473. The maximum Gasteiger partial charge on any atom is 0.142 e. The fraction of sp³-hybridized carbons (Fsp3) is 0.462. The lowest BCUT2D eigenvalue weighted by atomic mass is 10.3. The molecule has 0 spiro atoms. The van der Waals surface area contributed by atoms with E-state index in [1.54, 1.807) is 0 Å². The number of nitrogens with zero attached hydrogens (tertiary/aromatic N) is 1. The molecule has 0 atom stereocenters. The van der Waals surface area contributed by atoms with Gasteiger partial charge < -0.3 is 10.1 Å². The molecule has 1 aromatic rings. The van der Waals surface area contributed by atoms with Crippen LogP contribution >= 0.6 is 15.9 Å². The van der Waals surface area contributed by atoms with Gasteiger partial charge in [-0.15, -0.1) is 0 Å². The van der Waals surface area contributed by atoms with Gasteiger partial charge in [-0.1, -0.05) is 22.5 Å². The second-order valence-electron chi connectivity index (χ2n) is 4.36. The van der Waals surface area contributed by atoms with Gasteiger partial charge in [0.05, 0.1) is 5.69 Å². The molecule has 0 unspecified atom stereocenters. The first-order valence-corrected chi connectivity index (χ1v) is 6.60. The molecule has 1 saturated carbocycles. The summed E-state index contributed by atoms with van der Waals surface area (Å²) in [7, 11) is 0. The normalized spacial score (nSPS) is 14.7. The molecule has 3 nitrogen and oxygen atoms in total. The van der Waals surface area contributed by atoms with Crippen molar-refractivity contribution in [3.63, 3.8) is 0 Å². The standard InChI is InChI=1S/C13H17BrN2O/c1-9(14)8-17-13-6-3-10(2)16-12(13)7-15-11-4-5-11/h3,6,11,15H,1,4-5,7-8H2,2H3. The van der Waals surface area contributed by atoms with Crippen LogP contribution in [0.4, 0.5) is 0 Å². The molecule has 0 aliphatic heterocycles. The van der Waals surface area contributed by atoms with Crippen LogP contribution in [0.5, 0.6) is 5.75 Å². The molecule has 0 amide bonds. The smallest absolute Gasteiger partial charge is 0.142 e. The van der Waals surface area contributed by atoms with Crippen LogP contribution in [0.1, 0.15) is 24.2 Å². The van der Waals surface area contributed by atoms with Crippen molar-refractivity contribution in [1.29, 1.82) is 0 Å². The van der Waals surface area contributed by atoms with E-state index in [1.807, 2.05) is 19.1 Å². The number of nitrogens with one attached hydrogen (secondary N) is 1. The molecule has 1 aromatic heterocycles. The number of hydrogen-bond donors (Lipinski definition) is 1.